The Labute approximate surface area is 122 Å². The molecule has 0 aromatic rings. The molecule has 0 radical (unpaired) electrons. The normalized spacial score (nSPS) is 30.1. The van der Waals surface area contributed by atoms with Crippen LogP contribution in [0.15, 0.2) is 0 Å². The van der Waals surface area contributed by atoms with Crippen LogP contribution in [0.25, 0.3) is 0 Å². The fourth-order valence-electron chi connectivity index (χ4n) is 4.15. The number of hydrogen-bond donors (Lipinski definition) is 1. The molecule has 2 aliphatic heterocycles. The summed E-state index contributed by atoms with van der Waals surface area (Å²) in [5.74, 6) is 0.696. The lowest BCUT2D eigenvalue weighted by Gasteiger charge is -2.34. The maximum Gasteiger partial charge on any atom is 0.226 e. The summed E-state index contributed by atoms with van der Waals surface area (Å²) in [6.45, 7) is 4.08. The van der Waals surface area contributed by atoms with Gasteiger partial charge in [0.25, 0.3) is 0 Å². The Morgan fingerprint density at radius 2 is 1.89 bits per heavy atom. The molecule has 110 valence electrons. The predicted octanol–water partition coefficient (Wildman–Crippen LogP) is 2.59. The second-order valence-corrected chi connectivity index (χ2v) is 6.61. The molecule has 0 aromatic carbocycles. The Morgan fingerprint density at radius 1 is 1.11 bits per heavy atom. The molecular formula is C15H27ClN2O. The highest BCUT2D eigenvalue weighted by Crippen LogP contribution is 2.44. The predicted molar refractivity (Wildman–Crippen MR) is 79.6 cm³/mol. The summed E-state index contributed by atoms with van der Waals surface area (Å²) in [6.07, 6.45) is 10.4. The van der Waals surface area contributed by atoms with Crippen molar-refractivity contribution in [3.05, 3.63) is 0 Å². The van der Waals surface area contributed by atoms with Gasteiger partial charge < -0.3 is 10.2 Å². The number of piperidine rings is 1. The van der Waals surface area contributed by atoms with Gasteiger partial charge in [-0.15, -0.1) is 12.4 Å². The van der Waals surface area contributed by atoms with E-state index in [0.29, 0.717) is 11.3 Å². The molecule has 2 saturated heterocycles. The number of nitrogens with zero attached hydrogens (tertiary/aromatic N) is 1. The molecule has 1 N–H and O–H groups in total. The van der Waals surface area contributed by atoms with Crippen molar-refractivity contribution in [3.63, 3.8) is 0 Å². The van der Waals surface area contributed by atoms with E-state index in [-0.39, 0.29) is 18.3 Å². The van der Waals surface area contributed by atoms with Gasteiger partial charge in [-0.05, 0) is 44.1 Å². The number of rotatable bonds is 1. The van der Waals surface area contributed by atoms with E-state index in [1.807, 2.05) is 0 Å². The first-order valence-corrected chi connectivity index (χ1v) is 7.79. The van der Waals surface area contributed by atoms with E-state index >= 15 is 0 Å². The van der Waals surface area contributed by atoms with E-state index < -0.39 is 0 Å². The Morgan fingerprint density at radius 3 is 2.58 bits per heavy atom. The lowest BCUT2D eigenvalue weighted by molar-refractivity contribution is -0.135. The van der Waals surface area contributed by atoms with Crippen molar-refractivity contribution in [2.45, 2.75) is 51.4 Å². The van der Waals surface area contributed by atoms with Crippen LogP contribution in [0.3, 0.4) is 0 Å². The molecule has 2 heterocycles. The monoisotopic (exact) mass is 286 g/mol. The highest BCUT2D eigenvalue weighted by atomic mass is 35.5. The van der Waals surface area contributed by atoms with E-state index in [0.717, 1.165) is 39.0 Å². The van der Waals surface area contributed by atoms with E-state index in [9.17, 15) is 4.79 Å². The van der Waals surface area contributed by atoms with Gasteiger partial charge in [-0.1, -0.05) is 19.3 Å². The number of carbonyl (C=O) groups is 1. The van der Waals surface area contributed by atoms with Crippen LogP contribution >= 0.6 is 12.4 Å². The number of halogens is 1. The summed E-state index contributed by atoms with van der Waals surface area (Å²) >= 11 is 0. The van der Waals surface area contributed by atoms with E-state index in [4.69, 9.17) is 0 Å². The average molecular weight is 287 g/mol. The molecule has 1 spiro atoms. The second-order valence-electron chi connectivity index (χ2n) is 6.61. The van der Waals surface area contributed by atoms with Crippen LogP contribution in [0.5, 0.6) is 0 Å². The molecule has 3 fully saturated rings. The SMILES string of the molecule is Cl.O=C(C1CCCNC1)N1CCC2(CCCCC2)C1. The molecule has 4 heteroatoms. The first-order valence-electron chi connectivity index (χ1n) is 7.79. The van der Waals surface area contributed by atoms with Crippen LogP contribution in [-0.4, -0.2) is 37.0 Å². The van der Waals surface area contributed by atoms with E-state index in [1.54, 1.807) is 0 Å². The van der Waals surface area contributed by atoms with Gasteiger partial charge in [0.2, 0.25) is 5.91 Å². The smallest absolute Gasteiger partial charge is 0.226 e. The fraction of sp³-hybridized carbons (Fsp3) is 0.933. The lowest BCUT2D eigenvalue weighted by Crippen LogP contribution is -2.43. The maximum absolute atomic E-state index is 12.5. The minimum atomic E-state index is 0. The second kappa shape index (κ2) is 6.45. The van der Waals surface area contributed by atoms with Gasteiger partial charge in [-0.3, -0.25) is 4.79 Å². The van der Waals surface area contributed by atoms with E-state index in [2.05, 4.69) is 10.2 Å². The molecule has 3 aliphatic rings. The van der Waals surface area contributed by atoms with Crippen LogP contribution in [0.2, 0.25) is 0 Å². The van der Waals surface area contributed by atoms with Crippen LogP contribution in [0, 0.1) is 11.3 Å². The third kappa shape index (κ3) is 3.25. The standard InChI is InChI=1S/C15H26N2O.ClH/c18-14(13-5-4-9-16-11-13)17-10-8-15(12-17)6-2-1-3-7-15;/h13,16H,1-12H2;1H. The van der Waals surface area contributed by atoms with E-state index in [1.165, 1.54) is 38.5 Å². The molecule has 3 rings (SSSR count). The van der Waals surface area contributed by atoms with Gasteiger partial charge >= 0.3 is 0 Å². The van der Waals surface area contributed by atoms with Gasteiger partial charge in [0.1, 0.15) is 0 Å². The first kappa shape index (κ1) is 15.1. The summed E-state index contributed by atoms with van der Waals surface area (Å²) in [5.41, 5.74) is 0.510. The third-order valence-electron chi connectivity index (χ3n) is 5.31. The molecule has 1 aliphatic carbocycles. The minimum Gasteiger partial charge on any atom is -0.342 e. The van der Waals surface area contributed by atoms with Crippen molar-refractivity contribution in [2.24, 2.45) is 11.3 Å². The van der Waals surface area contributed by atoms with Gasteiger partial charge in [-0.25, -0.2) is 0 Å². The number of nitrogens with one attached hydrogen (secondary N) is 1. The Bertz CT molecular complexity index is 309. The Balaban J connectivity index is 0.00000133. The Hall–Kier alpha value is -0.280. The lowest BCUT2D eigenvalue weighted by atomic mass is 9.73. The molecule has 19 heavy (non-hydrogen) atoms. The molecule has 1 amide bonds. The summed E-state index contributed by atoms with van der Waals surface area (Å²) in [5, 5.41) is 3.36. The minimum absolute atomic E-state index is 0. The number of likely N-dealkylation sites (tertiary alicyclic amines) is 1. The zero-order chi connectivity index (χ0) is 12.4. The zero-order valence-corrected chi connectivity index (χ0v) is 12.6. The van der Waals surface area contributed by atoms with Crippen molar-refractivity contribution >= 4 is 18.3 Å². The quantitative estimate of drug-likeness (QED) is 0.804. The van der Waals surface area contributed by atoms with Crippen molar-refractivity contribution in [1.82, 2.24) is 10.2 Å². The van der Waals surface area contributed by atoms with Crippen molar-refractivity contribution in [3.8, 4) is 0 Å². The van der Waals surface area contributed by atoms with Crippen LogP contribution in [0.4, 0.5) is 0 Å². The van der Waals surface area contributed by atoms with Crippen LogP contribution in [-0.2, 0) is 4.79 Å². The van der Waals surface area contributed by atoms with Gasteiger partial charge in [0, 0.05) is 19.6 Å². The van der Waals surface area contributed by atoms with Gasteiger partial charge in [0.15, 0.2) is 0 Å². The van der Waals surface area contributed by atoms with Crippen LogP contribution in [0.1, 0.15) is 51.4 Å². The molecule has 1 saturated carbocycles. The molecule has 0 bridgehead atoms. The van der Waals surface area contributed by atoms with Gasteiger partial charge in [-0.2, -0.15) is 0 Å². The van der Waals surface area contributed by atoms with Crippen LogP contribution < -0.4 is 5.32 Å². The number of carbonyl (C=O) groups excluding carboxylic acids is 1. The highest BCUT2D eigenvalue weighted by Gasteiger charge is 2.41. The summed E-state index contributed by atoms with van der Waals surface area (Å²) in [6, 6.07) is 0. The molecule has 1 atom stereocenters. The molecule has 1 unspecified atom stereocenters. The third-order valence-corrected chi connectivity index (χ3v) is 5.31. The number of hydrogen-bond acceptors (Lipinski definition) is 2. The highest BCUT2D eigenvalue weighted by molar-refractivity contribution is 5.85. The largest absolute Gasteiger partial charge is 0.342 e. The topological polar surface area (TPSA) is 32.3 Å². The maximum atomic E-state index is 12.5. The van der Waals surface area contributed by atoms with Crippen molar-refractivity contribution < 1.29 is 4.79 Å². The Kier molecular flexibility index (Phi) is 5.13. The summed E-state index contributed by atoms with van der Waals surface area (Å²) in [4.78, 5) is 14.7. The molecular weight excluding hydrogens is 260 g/mol. The molecule has 3 nitrogen and oxygen atoms in total. The fourth-order valence-corrected chi connectivity index (χ4v) is 4.15. The summed E-state index contributed by atoms with van der Waals surface area (Å²) in [7, 11) is 0. The summed E-state index contributed by atoms with van der Waals surface area (Å²) < 4.78 is 0. The average Bonchev–Trinajstić information content (AvgIpc) is 2.83. The zero-order valence-electron chi connectivity index (χ0n) is 11.8. The van der Waals surface area contributed by atoms with Gasteiger partial charge in [0.05, 0.1) is 5.92 Å². The molecule has 0 aromatic heterocycles. The first-order chi connectivity index (χ1) is 8.79. The van der Waals surface area contributed by atoms with Crippen molar-refractivity contribution in [2.75, 3.05) is 26.2 Å². The van der Waals surface area contributed by atoms with Crippen molar-refractivity contribution in [1.29, 1.82) is 0 Å². The number of amides is 1.